The quantitative estimate of drug-likeness (QED) is 0.842. The minimum Gasteiger partial charge on any atom is -0.508 e. The van der Waals surface area contributed by atoms with Gasteiger partial charge in [0.1, 0.15) is 5.75 Å². The van der Waals surface area contributed by atoms with Crippen LogP contribution in [-0.4, -0.2) is 30.6 Å². The average molecular weight is 233 g/mol. The van der Waals surface area contributed by atoms with E-state index in [-0.39, 0.29) is 0 Å². The lowest BCUT2D eigenvalue weighted by Crippen LogP contribution is -2.20. The van der Waals surface area contributed by atoms with Crippen molar-refractivity contribution in [1.82, 2.24) is 4.90 Å². The van der Waals surface area contributed by atoms with Crippen molar-refractivity contribution in [2.24, 2.45) is 5.92 Å². The highest BCUT2D eigenvalue weighted by Gasteiger charge is 2.11. The first-order valence-corrected chi connectivity index (χ1v) is 6.18. The lowest BCUT2D eigenvalue weighted by Gasteiger charge is -2.20. The third-order valence-electron chi connectivity index (χ3n) is 2.79. The molecule has 0 fully saturated rings. The second-order valence-corrected chi connectivity index (χ2v) is 4.78. The number of benzene rings is 1. The van der Waals surface area contributed by atoms with E-state index in [2.05, 4.69) is 38.9 Å². The van der Waals surface area contributed by atoms with E-state index in [1.807, 2.05) is 12.1 Å². The molecule has 0 aliphatic carbocycles. The van der Waals surface area contributed by atoms with Crippen LogP contribution in [0.1, 0.15) is 25.8 Å². The smallest absolute Gasteiger partial charge is 0.115 e. The number of phenols is 1. The molecule has 0 bridgehead atoms. The second-order valence-electron chi connectivity index (χ2n) is 4.78. The van der Waals surface area contributed by atoms with Gasteiger partial charge in [0.25, 0.3) is 0 Å². The normalized spacial score (nSPS) is 14.1. The summed E-state index contributed by atoms with van der Waals surface area (Å²) >= 11 is 0. The Morgan fingerprint density at radius 2 is 1.88 bits per heavy atom. The summed E-state index contributed by atoms with van der Waals surface area (Å²) in [6, 6.07) is 7.48. The SMILES string of the molecule is CCC=C(c1ccc(O)cc1)C(C)CN(C)C. The number of hydrogen-bond donors (Lipinski definition) is 1. The monoisotopic (exact) mass is 233 g/mol. The Bertz CT molecular complexity index is 365. The molecule has 2 heteroatoms. The summed E-state index contributed by atoms with van der Waals surface area (Å²) in [7, 11) is 4.19. The first-order valence-electron chi connectivity index (χ1n) is 6.18. The standard InChI is InChI=1S/C15H23NO/c1-5-6-15(12(2)11-16(3)4)13-7-9-14(17)10-8-13/h6-10,12,17H,5,11H2,1-4H3. The van der Waals surface area contributed by atoms with Crippen molar-refractivity contribution < 1.29 is 5.11 Å². The van der Waals surface area contributed by atoms with Gasteiger partial charge in [0.05, 0.1) is 0 Å². The predicted octanol–water partition coefficient (Wildman–Crippen LogP) is 3.38. The summed E-state index contributed by atoms with van der Waals surface area (Å²) in [4.78, 5) is 2.20. The summed E-state index contributed by atoms with van der Waals surface area (Å²) in [5.41, 5.74) is 2.57. The topological polar surface area (TPSA) is 23.5 Å². The fourth-order valence-electron chi connectivity index (χ4n) is 2.12. The lowest BCUT2D eigenvalue weighted by molar-refractivity contribution is 0.375. The first-order chi connectivity index (χ1) is 8.04. The molecule has 17 heavy (non-hydrogen) atoms. The van der Waals surface area contributed by atoms with Crippen LogP contribution in [0.5, 0.6) is 5.75 Å². The molecular formula is C15H23NO. The summed E-state index contributed by atoms with van der Waals surface area (Å²) in [6.45, 7) is 5.43. The fourth-order valence-corrected chi connectivity index (χ4v) is 2.12. The van der Waals surface area contributed by atoms with Crippen molar-refractivity contribution in [3.05, 3.63) is 35.9 Å². The molecular weight excluding hydrogens is 210 g/mol. The van der Waals surface area contributed by atoms with Gasteiger partial charge in [0, 0.05) is 6.54 Å². The molecule has 2 nitrogen and oxygen atoms in total. The molecule has 0 amide bonds. The predicted molar refractivity (Wildman–Crippen MR) is 74.1 cm³/mol. The minimum absolute atomic E-state index is 0.324. The Kier molecular flexibility index (Phi) is 5.23. The zero-order valence-electron chi connectivity index (χ0n) is 11.3. The second kappa shape index (κ2) is 6.45. The maximum atomic E-state index is 9.32. The summed E-state index contributed by atoms with van der Waals surface area (Å²) in [6.07, 6.45) is 3.31. The first kappa shape index (κ1) is 13.8. The van der Waals surface area contributed by atoms with Gasteiger partial charge >= 0.3 is 0 Å². The molecule has 1 atom stereocenters. The van der Waals surface area contributed by atoms with E-state index in [0.29, 0.717) is 11.7 Å². The molecule has 0 heterocycles. The van der Waals surface area contributed by atoms with E-state index in [1.54, 1.807) is 12.1 Å². The molecule has 1 aromatic rings. The third-order valence-corrected chi connectivity index (χ3v) is 2.79. The van der Waals surface area contributed by atoms with Gasteiger partial charge < -0.3 is 10.0 Å². The molecule has 1 N–H and O–H groups in total. The van der Waals surface area contributed by atoms with Crippen molar-refractivity contribution in [3.63, 3.8) is 0 Å². The van der Waals surface area contributed by atoms with Crippen LogP contribution in [0.25, 0.3) is 5.57 Å². The molecule has 0 aliphatic heterocycles. The van der Waals surface area contributed by atoms with Crippen LogP contribution in [0.3, 0.4) is 0 Å². The highest BCUT2D eigenvalue weighted by Crippen LogP contribution is 2.25. The Morgan fingerprint density at radius 3 is 2.35 bits per heavy atom. The van der Waals surface area contributed by atoms with E-state index in [9.17, 15) is 5.11 Å². The number of rotatable bonds is 5. The van der Waals surface area contributed by atoms with Crippen molar-refractivity contribution in [2.45, 2.75) is 20.3 Å². The fraction of sp³-hybridized carbons (Fsp3) is 0.467. The highest BCUT2D eigenvalue weighted by molar-refractivity contribution is 5.67. The Labute approximate surface area is 105 Å². The van der Waals surface area contributed by atoms with Crippen molar-refractivity contribution in [3.8, 4) is 5.75 Å². The van der Waals surface area contributed by atoms with E-state index in [1.165, 1.54) is 11.1 Å². The van der Waals surface area contributed by atoms with Gasteiger partial charge in [0.2, 0.25) is 0 Å². The molecule has 1 unspecified atom stereocenters. The van der Waals surface area contributed by atoms with Gasteiger partial charge in [-0.3, -0.25) is 0 Å². The van der Waals surface area contributed by atoms with Crippen LogP contribution in [0.2, 0.25) is 0 Å². The van der Waals surface area contributed by atoms with Crippen LogP contribution in [0.15, 0.2) is 30.3 Å². The number of phenolic OH excluding ortho intramolecular Hbond substituents is 1. The van der Waals surface area contributed by atoms with Gasteiger partial charge in [-0.1, -0.05) is 32.1 Å². The number of hydrogen-bond acceptors (Lipinski definition) is 2. The van der Waals surface area contributed by atoms with Crippen LogP contribution in [-0.2, 0) is 0 Å². The van der Waals surface area contributed by atoms with Crippen molar-refractivity contribution in [1.29, 1.82) is 0 Å². The van der Waals surface area contributed by atoms with Gasteiger partial charge in [-0.05, 0) is 49.7 Å². The lowest BCUT2D eigenvalue weighted by atomic mass is 9.92. The Hall–Kier alpha value is -1.28. The average Bonchev–Trinajstić information content (AvgIpc) is 2.26. The number of nitrogens with zero attached hydrogens (tertiary/aromatic N) is 1. The Morgan fingerprint density at radius 1 is 1.29 bits per heavy atom. The zero-order chi connectivity index (χ0) is 12.8. The van der Waals surface area contributed by atoms with E-state index < -0.39 is 0 Å². The van der Waals surface area contributed by atoms with Crippen LogP contribution in [0, 0.1) is 5.92 Å². The maximum Gasteiger partial charge on any atom is 0.115 e. The summed E-state index contributed by atoms with van der Waals surface area (Å²) in [5, 5.41) is 9.32. The highest BCUT2D eigenvalue weighted by atomic mass is 16.3. The van der Waals surface area contributed by atoms with Crippen LogP contribution >= 0.6 is 0 Å². The zero-order valence-corrected chi connectivity index (χ0v) is 11.3. The molecule has 0 spiro atoms. The molecule has 1 rings (SSSR count). The van der Waals surface area contributed by atoms with Crippen molar-refractivity contribution in [2.75, 3.05) is 20.6 Å². The largest absolute Gasteiger partial charge is 0.508 e. The molecule has 0 aliphatic rings. The van der Waals surface area contributed by atoms with Gasteiger partial charge in [-0.2, -0.15) is 0 Å². The summed E-state index contributed by atoms with van der Waals surface area (Å²) < 4.78 is 0. The number of allylic oxidation sites excluding steroid dienone is 1. The van der Waals surface area contributed by atoms with Crippen LogP contribution in [0.4, 0.5) is 0 Å². The molecule has 94 valence electrons. The van der Waals surface area contributed by atoms with Gasteiger partial charge in [-0.25, -0.2) is 0 Å². The molecule has 0 saturated heterocycles. The van der Waals surface area contributed by atoms with E-state index in [4.69, 9.17) is 0 Å². The third kappa shape index (κ3) is 4.23. The maximum absolute atomic E-state index is 9.32. The molecule has 0 saturated carbocycles. The molecule has 0 radical (unpaired) electrons. The van der Waals surface area contributed by atoms with Gasteiger partial charge in [-0.15, -0.1) is 0 Å². The molecule has 1 aromatic carbocycles. The van der Waals surface area contributed by atoms with Gasteiger partial charge in [0.15, 0.2) is 0 Å². The number of aromatic hydroxyl groups is 1. The van der Waals surface area contributed by atoms with Crippen LogP contribution < -0.4 is 0 Å². The van der Waals surface area contributed by atoms with E-state index >= 15 is 0 Å². The minimum atomic E-state index is 0.324. The molecule has 0 aromatic heterocycles. The summed E-state index contributed by atoms with van der Waals surface area (Å²) in [5.74, 6) is 0.819. The Balaban J connectivity index is 2.93. The van der Waals surface area contributed by atoms with E-state index in [0.717, 1.165) is 13.0 Å². The van der Waals surface area contributed by atoms with Crippen molar-refractivity contribution >= 4 is 5.57 Å².